The molecule has 2 aromatic carbocycles. The fourth-order valence-corrected chi connectivity index (χ4v) is 2.48. The van der Waals surface area contributed by atoms with Crippen molar-refractivity contribution in [2.45, 2.75) is 13.5 Å². The number of amides is 1. The van der Waals surface area contributed by atoms with Gasteiger partial charge in [0.25, 0.3) is 0 Å². The summed E-state index contributed by atoms with van der Waals surface area (Å²) in [6.45, 7) is 1.95. The maximum atomic E-state index is 11.8. The van der Waals surface area contributed by atoms with E-state index in [1.54, 1.807) is 6.92 Å². The van der Waals surface area contributed by atoms with Crippen LogP contribution >= 0.6 is 0 Å². The molecule has 5 heteroatoms. The van der Waals surface area contributed by atoms with Crippen LogP contribution in [-0.4, -0.2) is 16.4 Å². The van der Waals surface area contributed by atoms with Gasteiger partial charge in [-0.1, -0.05) is 65.8 Å². The Bertz CT molecular complexity index is 798. The summed E-state index contributed by atoms with van der Waals surface area (Å²) in [5.74, 6) is 0.474. The lowest BCUT2D eigenvalue weighted by atomic mass is 10.1. The Morgan fingerprint density at radius 1 is 1.09 bits per heavy atom. The second kappa shape index (κ2) is 6.36. The Morgan fingerprint density at radius 3 is 2.30 bits per heavy atom. The summed E-state index contributed by atoms with van der Waals surface area (Å²) in [7, 11) is 0. The molecule has 0 saturated carbocycles. The van der Waals surface area contributed by atoms with Crippen molar-refractivity contribution in [1.82, 2.24) is 5.16 Å². The summed E-state index contributed by atoms with van der Waals surface area (Å²) in [6.07, 6.45) is -1.04. The quantitative estimate of drug-likeness (QED) is 0.778. The molecule has 0 unspecified atom stereocenters. The lowest BCUT2D eigenvalue weighted by Crippen LogP contribution is -2.29. The van der Waals surface area contributed by atoms with Crippen LogP contribution in [0, 0.1) is 6.92 Å². The van der Waals surface area contributed by atoms with Gasteiger partial charge in [0.15, 0.2) is 5.76 Å². The SMILES string of the molecule is Cc1onc(-c2ccccc2)c1N(Cc1ccccc1)C(=O)O. The van der Waals surface area contributed by atoms with Crippen LogP contribution in [0.4, 0.5) is 10.5 Å². The third-order valence-corrected chi connectivity index (χ3v) is 3.56. The number of aromatic nitrogens is 1. The van der Waals surface area contributed by atoms with Gasteiger partial charge in [0.1, 0.15) is 11.4 Å². The topological polar surface area (TPSA) is 66.6 Å². The van der Waals surface area contributed by atoms with E-state index in [-0.39, 0.29) is 6.54 Å². The molecule has 0 radical (unpaired) electrons. The largest absolute Gasteiger partial charge is 0.465 e. The van der Waals surface area contributed by atoms with Crippen LogP contribution < -0.4 is 4.90 Å². The molecule has 0 aliphatic rings. The summed E-state index contributed by atoms with van der Waals surface area (Å²) in [5.41, 5.74) is 2.72. The molecular weight excluding hydrogens is 292 g/mol. The molecule has 0 spiro atoms. The van der Waals surface area contributed by atoms with Gasteiger partial charge in [-0.25, -0.2) is 4.79 Å². The van der Waals surface area contributed by atoms with E-state index in [0.29, 0.717) is 17.1 Å². The molecule has 1 aromatic heterocycles. The van der Waals surface area contributed by atoms with Crippen molar-refractivity contribution in [2.24, 2.45) is 0 Å². The summed E-state index contributed by atoms with van der Waals surface area (Å²) < 4.78 is 5.26. The Kier molecular flexibility index (Phi) is 4.10. The average Bonchev–Trinajstić information content (AvgIpc) is 2.95. The lowest BCUT2D eigenvalue weighted by Gasteiger charge is -2.19. The summed E-state index contributed by atoms with van der Waals surface area (Å²) in [6, 6.07) is 18.9. The number of benzene rings is 2. The van der Waals surface area contributed by atoms with Gasteiger partial charge in [0.2, 0.25) is 0 Å². The number of hydrogen-bond acceptors (Lipinski definition) is 3. The van der Waals surface area contributed by atoms with E-state index in [1.165, 1.54) is 4.90 Å². The van der Waals surface area contributed by atoms with Crippen LogP contribution in [0.2, 0.25) is 0 Å². The highest BCUT2D eigenvalue weighted by atomic mass is 16.5. The van der Waals surface area contributed by atoms with Gasteiger partial charge < -0.3 is 9.63 Å². The molecule has 3 rings (SSSR count). The van der Waals surface area contributed by atoms with Crippen LogP contribution in [-0.2, 0) is 6.54 Å². The smallest absolute Gasteiger partial charge is 0.412 e. The van der Waals surface area contributed by atoms with E-state index >= 15 is 0 Å². The van der Waals surface area contributed by atoms with Gasteiger partial charge in [0.05, 0.1) is 6.54 Å². The molecule has 23 heavy (non-hydrogen) atoms. The second-order valence-corrected chi connectivity index (χ2v) is 5.16. The predicted octanol–water partition coefficient (Wildman–Crippen LogP) is 4.33. The van der Waals surface area contributed by atoms with E-state index < -0.39 is 6.09 Å². The molecule has 1 amide bonds. The molecule has 0 aliphatic carbocycles. The van der Waals surface area contributed by atoms with Crippen LogP contribution in [0.15, 0.2) is 65.2 Å². The highest BCUT2D eigenvalue weighted by Crippen LogP contribution is 2.34. The summed E-state index contributed by atoms with van der Waals surface area (Å²) in [5, 5.41) is 13.7. The fraction of sp³-hybridized carbons (Fsp3) is 0.111. The van der Waals surface area contributed by atoms with Gasteiger partial charge >= 0.3 is 6.09 Å². The zero-order chi connectivity index (χ0) is 16.2. The molecule has 116 valence electrons. The maximum absolute atomic E-state index is 11.8. The van der Waals surface area contributed by atoms with Crippen LogP contribution in [0.1, 0.15) is 11.3 Å². The first kappa shape index (κ1) is 14.8. The number of aryl methyl sites for hydroxylation is 1. The van der Waals surface area contributed by atoms with E-state index in [0.717, 1.165) is 11.1 Å². The lowest BCUT2D eigenvalue weighted by molar-refractivity contribution is 0.201. The standard InChI is InChI=1S/C18H16N2O3/c1-13-17(16(19-23-13)15-10-6-3-7-11-15)20(18(21)22)12-14-8-4-2-5-9-14/h2-11H,12H2,1H3,(H,21,22). The van der Waals surface area contributed by atoms with Crippen molar-refractivity contribution in [1.29, 1.82) is 0 Å². The molecule has 0 saturated heterocycles. The minimum atomic E-state index is -1.04. The number of carboxylic acid groups (broad SMARTS) is 1. The maximum Gasteiger partial charge on any atom is 0.412 e. The third kappa shape index (κ3) is 3.08. The first-order valence-corrected chi connectivity index (χ1v) is 7.23. The molecule has 3 aromatic rings. The third-order valence-electron chi connectivity index (χ3n) is 3.56. The van der Waals surface area contributed by atoms with Crippen LogP contribution in [0.5, 0.6) is 0 Å². The molecule has 0 aliphatic heterocycles. The Morgan fingerprint density at radius 2 is 1.70 bits per heavy atom. The normalized spacial score (nSPS) is 10.5. The molecular formula is C18H16N2O3. The van der Waals surface area contributed by atoms with Gasteiger partial charge in [-0.3, -0.25) is 4.90 Å². The highest BCUT2D eigenvalue weighted by molar-refractivity contribution is 5.92. The monoisotopic (exact) mass is 308 g/mol. The minimum absolute atomic E-state index is 0.234. The Balaban J connectivity index is 2.04. The zero-order valence-electron chi connectivity index (χ0n) is 12.6. The zero-order valence-corrected chi connectivity index (χ0v) is 12.6. The van der Waals surface area contributed by atoms with E-state index in [9.17, 15) is 9.90 Å². The van der Waals surface area contributed by atoms with Crippen molar-refractivity contribution in [3.63, 3.8) is 0 Å². The molecule has 1 heterocycles. The van der Waals surface area contributed by atoms with Crippen molar-refractivity contribution in [3.8, 4) is 11.3 Å². The number of nitrogens with zero attached hydrogens (tertiary/aromatic N) is 2. The Hall–Kier alpha value is -3.08. The molecule has 5 nitrogen and oxygen atoms in total. The molecule has 0 atom stereocenters. The summed E-state index contributed by atoms with van der Waals surface area (Å²) >= 11 is 0. The molecule has 0 fully saturated rings. The number of anilines is 1. The van der Waals surface area contributed by atoms with Gasteiger partial charge in [-0.05, 0) is 12.5 Å². The van der Waals surface area contributed by atoms with Crippen molar-refractivity contribution < 1.29 is 14.4 Å². The highest BCUT2D eigenvalue weighted by Gasteiger charge is 2.25. The van der Waals surface area contributed by atoms with Crippen molar-refractivity contribution >= 4 is 11.8 Å². The Labute approximate surface area is 133 Å². The average molecular weight is 308 g/mol. The van der Waals surface area contributed by atoms with Crippen molar-refractivity contribution in [3.05, 3.63) is 72.0 Å². The van der Waals surface area contributed by atoms with Crippen molar-refractivity contribution in [2.75, 3.05) is 4.90 Å². The summed E-state index contributed by atoms with van der Waals surface area (Å²) in [4.78, 5) is 13.1. The van der Waals surface area contributed by atoms with E-state index in [4.69, 9.17) is 4.52 Å². The van der Waals surface area contributed by atoms with Gasteiger partial charge in [-0.15, -0.1) is 0 Å². The van der Waals surface area contributed by atoms with Gasteiger partial charge in [0, 0.05) is 5.56 Å². The number of carbonyl (C=O) groups is 1. The first-order chi connectivity index (χ1) is 11.2. The van der Waals surface area contributed by atoms with Crippen LogP contribution in [0.25, 0.3) is 11.3 Å². The van der Waals surface area contributed by atoms with E-state index in [1.807, 2.05) is 60.7 Å². The minimum Gasteiger partial charge on any atom is -0.465 e. The number of rotatable bonds is 4. The molecule has 0 bridgehead atoms. The van der Waals surface area contributed by atoms with Crippen LogP contribution in [0.3, 0.4) is 0 Å². The fourth-order valence-electron chi connectivity index (χ4n) is 2.48. The second-order valence-electron chi connectivity index (χ2n) is 5.16. The molecule has 1 N–H and O–H groups in total. The van der Waals surface area contributed by atoms with Gasteiger partial charge in [-0.2, -0.15) is 0 Å². The van der Waals surface area contributed by atoms with E-state index in [2.05, 4.69) is 5.16 Å². The number of hydrogen-bond donors (Lipinski definition) is 1. The predicted molar refractivity (Wildman–Crippen MR) is 87.3 cm³/mol. The first-order valence-electron chi connectivity index (χ1n) is 7.23.